The highest BCUT2D eigenvalue weighted by Gasteiger charge is 2.15. The lowest BCUT2D eigenvalue weighted by molar-refractivity contribution is -0.127. The van der Waals surface area contributed by atoms with Gasteiger partial charge in [-0.1, -0.05) is 37.3 Å². The minimum atomic E-state index is -0.550. The van der Waals surface area contributed by atoms with Gasteiger partial charge < -0.3 is 14.6 Å². The number of ether oxygens (including phenoxy) is 1. The van der Waals surface area contributed by atoms with Gasteiger partial charge in [0.1, 0.15) is 11.6 Å². The smallest absolute Gasteiger partial charge is 0.261 e. The van der Waals surface area contributed by atoms with Gasteiger partial charge in [0.25, 0.3) is 5.91 Å². The van der Waals surface area contributed by atoms with E-state index in [4.69, 9.17) is 4.74 Å². The van der Waals surface area contributed by atoms with Crippen LogP contribution in [0, 0.1) is 6.92 Å². The summed E-state index contributed by atoms with van der Waals surface area (Å²) in [5.41, 5.74) is 3.18. The summed E-state index contributed by atoms with van der Waals surface area (Å²) < 4.78 is 7.86. The van der Waals surface area contributed by atoms with E-state index in [0.29, 0.717) is 6.54 Å². The van der Waals surface area contributed by atoms with Crippen LogP contribution >= 0.6 is 0 Å². The van der Waals surface area contributed by atoms with Crippen molar-refractivity contribution in [2.75, 3.05) is 0 Å². The summed E-state index contributed by atoms with van der Waals surface area (Å²) in [7, 11) is 0. The molecule has 3 rings (SSSR count). The third kappa shape index (κ3) is 4.56. The van der Waals surface area contributed by atoms with Crippen LogP contribution < -0.4 is 10.1 Å². The Balaban J connectivity index is 1.56. The normalized spacial score (nSPS) is 11.8. The molecule has 0 saturated heterocycles. The maximum absolute atomic E-state index is 12.4. The van der Waals surface area contributed by atoms with Crippen LogP contribution in [0.25, 0.3) is 5.69 Å². The van der Waals surface area contributed by atoms with Crippen molar-refractivity contribution in [1.29, 1.82) is 0 Å². The van der Waals surface area contributed by atoms with Gasteiger partial charge in [-0.25, -0.2) is 4.98 Å². The molecule has 27 heavy (non-hydrogen) atoms. The molecule has 0 aliphatic rings. The molecule has 1 N–H and O–H groups in total. The van der Waals surface area contributed by atoms with Crippen LogP contribution in [-0.4, -0.2) is 21.6 Å². The SMILES string of the molecule is CCc1ccccc1O[C@H](C)C(=O)NCc1ccc(-n2ccnc2C)cc1. The predicted molar refractivity (Wildman–Crippen MR) is 106 cm³/mol. The number of hydrogen-bond acceptors (Lipinski definition) is 3. The van der Waals surface area contributed by atoms with Gasteiger partial charge in [-0.3, -0.25) is 4.79 Å². The zero-order valence-electron chi connectivity index (χ0n) is 16.0. The first-order valence-corrected chi connectivity index (χ1v) is 9.20. The molecule has 3 aromatic rings. The summed E-state index contributed by atoms with van der Waals surface area (Å²) in [6.07, 6.45) is 4.03. The Morgan fingerprint density at radius 2 is 1.93 bits per heavy atom. The van der Waals surface area contributed by atoms with Crippen molar-refractivity contribution in [3.05, 3.63) is 77.9 Å². The van der Waals surface area contributed by atoms with Crippen LogP contribution in [0.4, 0.5) is 0 Å². The summed E-state index contributed by atoms with van der Waals surface area (Å²) >= 11 is 0. The average molecular weight is 363 g/mol. The molecule has 0 aliphatic carbocycles. The third-order valence-corrected chi connectivity index (χ3v) is 4.53. The molecular weight excluding hydrogens is 338 g/mol. The number of imidazole rings is 1. The van der Waals surface area contributed by atoms with E-state index in [2.05, 4.69) is 17.2 Å². The minimum absolute atomic E-state index is 0.129. The van der Waals surface area contributed by atoms with Crippen molar-refractivity contribution in [2.24, 2.45) is 0 Å². The molecule has 0 unspecified atom stereocenters. The number of para-hydroxylation sites is 1. The highest BCUT2D eigenvalue weighted by molar-refractivity contribution is 5.80. The third-order valence-electron chi connectivity index (χ3n) is 4.53. The molecule has 0 fully saturated rings. The van der Waals surface area contributed by atoms with Crippen molar-refractivity contribution in [1.82, 2.24) is 14.9 Å². The van der Waals surface area contributed by atoms with Crippen LogP contribution in [0.2, 0.25) is 0 Å². The van der Waals surface area contributed by atoms with E-state index in [9.17, 15) is 4.79 Å². The highest BCUT2D eigenvalue weighted by Crippen LogP contribution is 2.19. The molecule has 5 heteroatoms. The molecule has 0 bridgehead atoms. The van der Waals surface area contributed by atoms with Gasteiger partial charge in [0.15, 0.2) is 6.10 Å². The first-order chi connectivity index (χ1) is 13.1. The Bertz CT molecular complexity index is 900. The molecule has 1 aromatic heterocycles. The van der Waals surface area contributed by atoms with Crippen molar-refractivity contribution < 1.29 is 9.53 Å². The molecule has 0 aliphatic heterocycles. The molecule has 140 valence electrons. The van der Waals surface area contributed by atoms with E-state index in [0.717, 1.165) is 34.8 Å². The number of rotatable bonds is 7. The van der Waals surface area contributed by atoms with Crippen molar-refractivity contribution >= 4 is 5.91 Å². The van der Waals surface area contributed by atoms with Gasteiger partial charge in [0.05, 0.1) is 0 Å². The van der Waals surface area contributed by atoms with Crippen molar-refractivity contribution in [2.45, 2.75) is 39.8 Å². The number of amides is 1. The predicted octanol–water partition coefficient (Wildman–Crippen LogP) is 3.83. The molecule has 0 spiro atoms. The number of carbonyl (C=O) groups is 1. The Kier molecular flexibility index (Phi) is 5.91. The second-order valence-corrected chi connectivity index (χ2v) is 6.45. The van der Waals surface area contributed by atoms with Gasteiger partial charge in [-0.15, -0.1) is 0 Å². The minimum Gasteiger partial charge on any atom is -0.481 e. The maximum Gasteiger partial charge on any atom is 0.261 e. The first kappa shape index (κ1) is 18.7. The maximum atomic E-state index is 12.4. The van der Waals surface area contributed by atoms with Gasteiger partial charge in [0.2, 0.25) is 0 Å². The molecule has 1 amide bonds. The number of nitrogens with one attached hydrogen (secondary N) is 1. The number of carbonyl (C=O) groups excluding carboxylic acids is 1. The standard InChI is InChI=1S/C22H25N3O2/c1-4-19-7-5-6-8-21(19)27-16(2)22(26)24-15-18-9-11-20(12-10-18)25-14-13-23-17(25)3/h5-14,16H,4,15H2,1-3H3,(H,24,26)/t16-/m1/s1. The largest absolute Gasteiger partial charge is 0.481 e. The van der Waals surface area contributed by atoms with E-state index in [1.807, 2.05) is 66.2 Å². The van der Waals surface area contributed by atoms with Gasteiger partial charge in [0, 0.05) is 24.6 Å². The zero-order chi connectivity index (χ0) is 19.2. The second-order valence-electron chi connectivity index (χ2n) is 6.45. The highest BCUT2D eigenvalue weighted by atomic mass is 16.5. The molecule has 1 heterocycles. The summed E-state index contributed by atoms with van der Waals surface area (Å²) in [6, 6.07) is 15.9. The lowest BCUT2D eigenvalue weighted by atomic mass is 10.1. The summed E-state index contributed by atoms with van der Waals surface area (Å²) in [5.74, 6) is 1.58. The fourth-order valence-electron chi connectivity index (χ4n) is 2.91. The molecule has 0 saturated carbocycles. The van der Waals surface area contributed by atoms with Gasteiger partial charge in [-0.05, 0) is 49.6 Å². The van der Waals surface area contributed by atoms with Crippen LogP contribution in [0.3, 0.4) is 0 Å². The van der Waals surface area contributed by atoms with E-state index in [1.54, 1.807) is 13.1 Å². The molecule has 1 atom stereocenters. The van der Waals surface area contributed by atoms with Gasteiger partial charge in [-0.2, -0.15) is 0 Å². The fraction of sp³-hybridized carbons (Fsp3) is 0.273. The fourth-order valence-corrected chi connectivity index (χ4v) is 2.91. The molecular formula is C22H25N3O2. The lowest BCUT2D eigenvalue weighted by Gasteiger charge is -2.17. The molecule has 5 nitrogen and oxygen atoms in total. The molecule has 0 radical (unpaired) electrons. The number of nitrogens with zero attached hydrogens (tertiary/aromatic N) is 2. The Morgan fingerprint density at radius 3 is 2.59 bits per heavy atom. The van der Waals surface area contributed by atoms with Crippen molar-refractivity contribution in [3.8, 4) is 11.4 Å². The van der Waals surface area contributed by atoms with Crippen LogP contribution in [0.1, 0.15) is 30.8 Å². The number of aryl methyl sites for hydroxylation is 2. The van der Waals surface area contributed by atoms with E-state index in [-0.39, 0.29) is 5.91 Å². The summed E-state index contributed by atoms with van der Waals surface area (Å²) in [5, 5.41) is 2.94. The number of aromatic nitrogens is 2. The Hall–Kier alpha value is -3.08. The Morgan fingerprint density at radius 1 is 1.19 bits per heavy atom. The summed E-state index contributed by atoms with van der Waals surface area (Å²) in [6.45, 7) is 6.27. The monoisotopic (exact) mass is 363 g/mol. The Labute approximate surface area is 160 Å². The number of hydrogen-bond donors (Lipinski definition) is 1. The topological polar surface area (TPSA) is 56.1 Å². The zero-order valence-corrected chi connectivity index (χ0v) is 16.0. The van der Waals surface area contributed by atoms with E-state index in [1.165, 1.54) is 0 Å². The number of benzene rings is 2. The summed E-state index contributed by atoms with van der Waals surface area (Å²) in [4.78, 5) is 16.6. The second kappa shape index (κ2) is 8.54. The quantitative estimate of drug-likeness (QED) is 0.694. The van der Waals surface area contributed by atoms with Gasteiger partial charge >= 0.3 is 0 Å². The van der Waals surface area contributed by atoms with E-state index >= 15 is 0 Å². The van der Waals surface area contributed by atoms with Crippen LogP contribution in [0.5, 0.6) is 5.75 Å². The first-order valence-electron chi connectivity index (χ1n) is 9.20. The van der Waals surface area contributed by atoms with Crippen molar-refractivity contribution in [3.63, 3.8) is 0 Å². The average Bonchev–Trinajstić information content (AvgIpc) is 3.12. The molecule has 2 aromatic carbocycles. The van der Waals surface area contributed by atoms with Crippen LogP contribution in [0.15, 0.2) is 60.9 Å². The lowest BCUT2D eigenvalue weighted by Crippen LogP contribution is -2.36. The van der Waals surface area contributed by atoms with Crippen LogP contribution in [-0.2, 0) is 17.8 Å². The van der Waals surface area contributed by atoms with E-state index < -0.39 is 6.10 Å².